The van der Waals surface area contributed by atoms with Crippen LogP contribution < -0.4 is 10.5 Å². The minimum atomic E-state index is -3.66. The first-order valence-corrected chi connectivity index (χ1v) is 7.25. The summed E-state index contributed by atoms with van der Waals surface area (Å²) in [7, 11) is -3.66. The number of nitrogens with one attached hydrogen (secondary N) is 1. The highest BCUT2D eigenvalue weighted by Crippen LogP contribution is 2.30. The Labute approximate surface area is 110 Å². The van der Waals surface area contributed by atoms with Gasteiger partial charge in [-0.2, -0.15) is 0 Å². The number of primary sulfonamides is 1. The molecule has 2 heterocycles. The standard InChI is InChI=1S/C12H12N4O2S/c13-19(17,18)9-1-2-10-8(5-9)6-15-12(10)11-3-4-14-7-16-11/h1-5,7,12,15H,6H2,(H2,13,17,18). The van der Waals surface area contributed by atoms with Crippen LogP contribution in [-0.2, 0) is 16.6 Å². The summed E-state index contributed by atoms with van der Waals surface area (Å²) in [6, 6.07) is 6.71. The zero-order chi connectivity index (χ0) is 13.5. The Morgan fingerprint density at radius 1 is 1.32 bits per heavy atom. The maximum Gasteiger partial charge on any atom is 0.238 e. The predicted molar refractivity (Wildman–Crippen MR) is 68.5 cm³/mol. The van der Waals surface area contributed by atoms with Gasteiger partial charge in [0.1, 0.15) is 6.33 Å². The van der Waals surface area contributed by atoms with E-state index in [1.807, 2.05) is 6.07 Å². The first-order chi connectivity index (χ1) is 9.05. The van der Waals surface area contributed by atoms with Gasteiger partial charge in [0.05, 0.1) is 16.6 Å². The fraction of sp³-hybridized carbons (Fsp3) is 0.167. The summed E-state index contributed by atoms with van der Waals surface area (Å²) in [6.07, 6.45) is 3.18. The molecule has 1 aromatic carbocycles. The van der Waals surface area contributed by atoms with Gasteiger partial charge < -0.3 is 5.32 Å². The van der Waals surface area contributed by atoms with Crippen molar-refractivity contribution in [2.24, 2.45) is 5.14 Å². The van der Waals surface area contributed by atoms with Crippen LogP contribution >= 0.6 is 0 Å². The number of hydrogen-bond acceptors (Lipinski definition) is 5. The molecule has 3 N–H and O–H groups in total. The third kappa shape index (κ3) is 2.23. The number of nitrogens with two attached hydrogens (primary N) is 1. The van der Waals surface area contributed by atoms with Crippen molar-refractivity contribution in [1.82, 2.24) is 15.3 Å². The van der Waals surface area contributed by atoms with Gasteiger partial charge >= 0.3 is 0 Å². The van der Waals surface area contributed by atoms with Crippen LogP contribution in [0.2, 0.25) is 0 Å². The highest BCUT2D eigenvalue weighted by molar-refractivity contribution is 7.89. The Morgan fingerprint density at radius 3 is 2.84 bits per heavy atom. The van der Waals surface area contributed by atoms with Crippen molar-refractivity contribution in [2.45, 2.75) is 17.5 Å². The second-order valence-electron chi connectivity index (χ2n) is 4.35. The molecule has 0 bridgehead atoms. The van der Waals surface area contributed by atoms with Gasteiger partial charge in [-0.05, 0) is 29.3 Å². The number of fused-ring (bicyclic) bond motifs is 1. The van der Waals surface area contributed by atoms with Crippen molar-refractivity contribution in [3.8, 4) is 0 Å². The van der Waals surface area contributed by atoms with Gasteiger partial charge in [-0.3, -0.25) is 0 Å². The molecule has 1 aromatic heterocycles. The number of nitrogens with zero attached hydrogens (tertiary/aromatic N) is 2. The second kappa shape index (κ2) is 4.37. The van der Waals surface area contributed by atoms with E-state index in [1.165, 1.54) is 12.4 Å². The molecule has 0 radical (unpaired) electrons. The number of rotatable bonds is 2. The summed E-state index contributed by atoms with van der Waals surface area (Å²) in [4.78, 5) is 8.23. The van der Waals surface area contributed by atoms with Crippen molar-refractivity contribution in [1.29, 1.82) is 0 Å². The maximum absolute atomic E-state index is 11.3. The molecule has 2 aromatic rings. The lowest BCUT2D eigenvalue weighted by Gasteiger charge is -2.11. The molecular weight excluding hydrogens is 264 g/mol. The summed E-state index contributed by atoms with van der Waals surface area (Å²) >= 11 is 0. The van der Waals surface area contributed by atoms with Crippen LogP contribution in [0.4, 0.5) is 0 Å². The van der Waals surface area contributed by atoms with Crippen LogP contribution in [0.15, 0.2) is 41.7 Å². The molecule has 0 saturated carbocycles. The largest absolute Gasteiger partial charge is 0.301 e. The van der Waals surface area contributed by atoms with Crippen LogP contribution in [-0.4, -0.2) is 18.4 Å². The minimum absolute atomic E-state index is 0.0347. The molecule has 0 amide bonds. The lowest BCUT2D eigenvalue weighted by molar-refractivity contribution is 0.597. The van der Waals surface area contributed by atoms with Gasteiger partial charge in [-0.1, -0.05) is 6.07 Å². The minimum Gasteiger partial charge on any atom is -0.301 e. The summed E-state index contributed by atoms with van der Waals surface area (Å²) in [5, 5.41) is 8.42. The number of benzene rings is 1. The maximum atomic E-state index is 11.3. The number of hydrogen-bond donors (Lipinski definition) is 2. The highest BCUT2D eigenvalue weighted by atomic mass is 32.2. The van der Waals surface area contributed by atoms with Gasteiger partial charge in [-0.25, -0.2) is 23.5 Å². The van der Waals surface area contributed by atoms with Gasteiger partial charge in [0, 0.05) is 12.7 Å². The van der Waals surface area contributed by atoms with Crippen LogP contribution in [0.5, 0.6) is 0 Å². The Hall–Kier alpha value is -1.83. The van der Waals surface area contributed by atoms with E-state index < -0.39 is 10.0 Å². The SMILES string of the molecule is NS(=O)(=O)c1ccc2c(c1)CNC2c1ccncn1. The zero-order valence-electron chi connectivity index (χ0n) is 9.95. The van der Waals surface area contributed by atoms with Crippen LogP contribution in [0, 0.1) is 0 Å². The molecule has 1 aliphatic heterocycles. The third-order valence-electron chi connectivity index (χ3n) is 3.15. The number of aromatic nitrogens is 2. The van der Waals surface area contributed by atoms with Crippen molar-refractivity contribution < 1.29 is 8.42 Å². The van der Waals surface area contributed by atoms with E-state index in [-0.39, 0.29) is 10.9 Å². The molecule has 1 unspecified atom stereocenters. The Kier molecular flexibility index (Phi) is 2.81. The fourth-order valence-electron chi connectivity index (χ4n) is 2.25. The molecule has 0 spiro atoms. The Balaban J connectivity index is 2.03. The Morgan fingerprint density at radius 2 is 2.16 bits per heavy atom. The number of sulfonamides is 1. The summed E-state index contributed by atoms with van der Waals surface area (Å²) in [6.45, 7) is 0.591. The summed E-state index contributed by atoms with van der Waals surface area (Å²) in [5.74, 6) is 0. The average molecular weight is 276 g/mol. The van der Waals surface area contributed by atoms with Crippen LogP contribution in [0.1, 0.15) is 22.9 Å². The molecule has 3 rings (SSSR count). The van der Waals surface area contributed by atoms with E-state index in [0.717, 1.165) is 16.8 Å². The second-order valence-corrected chi connectivity index (χ2v) is 5.92. The van der Waals surface area contributed by atoms with Gasteiger partial charge in [0.25, 0.3) is 0 Å². The predicted octanol–water partition coefficient (Wildman–Crippen LogP) is 0.317. The van der Waals surface area contributed by atoms with Crippen molar-refractivity contribution in [3.05, 3.63) is 53.6 Å². The fourth-order valence-corrected chi connectivity index (χ4v) is 2.82. The van der Waals surface area contributed by atoms with E-state index in [4.69, 9.17) is 5.14 Å². The molecule has 7 heteroatoms. The first-order valence-electron chi connectivity index (χ1n) is 5.70. The molecule has 19 heavy (non-hydrogen) atoms. The van der Waals surface area contributed by atoms with E-state index in [1.54, 1.807) is 18.3 Å². The molecule has 1 atom stereocenters. The van der Waals surface area contributed by atoms with E-state index in [2.05, 4.69) is 15.3 Å². The molecule has 6 nitrogen and oxygen atoms in total. The normalized spacial score (nSPS) is 18.3. The van der Waals surface area contributed by atoms with Crippen molar-refractivity contribution in [2.75, 3.05) is 0 Å². The van der Waals surface area contributed by atoms with E-state index in [9.17, 15) is 8.42 Å². The highest BCUT2D eigenvalue weighted by Gasteiger charge is 2.25. The van der Waals surface area contributed by atoms with Crippen LogP contribution in [0.3, 0.4) is 0 Å². The molecule has 0 aliphatic carbocycles. The lowest BCUT2D eigenvalue weighted by Crippen LogP contribution is -2.14. The lowest BCUT2D eigenvalue weighted by atomic mass is 10.0. The van der Waals surface area contributed by atoms with E-state index in [0.29, 0.717) is 6.54 Å². The quantitative estimate of drug-likeness (QED) is 0.823. The van der Waals surface area contributed by atoms with Crippen molar-refractivity contribution >= 4 is 10.0 Å². The first kappa shape index (κ1) is 12.2. The molecule has 0 saturated heterocycles. The molecule has 1 aliphatic rings. The smallest absolute Gasteiger partial charge is 0.238 e. The van der Waals surface area contributed by atoms with Gasteiger partial charge in [0.2, 0.25) is 10.0 Å². The average Bonchev–Trinajstić information content (AvgIpc) is 2.81. The summed E-state index contributed by atoms with van der Waals surface area (Å²) < 4.78 is 22.6. The van der Waals surface area contributed by atoms with Crippen LogP contribution in [0.25, 0.3) is 0 Å². The molecule has 98 valence electrons. The molecule has 0 fully saturated rings. The third-order valence-corrected chi connectivity index (χ3v) is 4.06. The monoisotopic (exact) mass is 276 g/mol. The zero-order valence-corrected chi connectivity index (χ0v) is 10.8. The topological polar surface area (TPSA) is 98.0 Å². The van der Waals surface area contributed by atoms with Crippen molar-refractivity contribution in [3.63, 3.8) is 0 Å². The molecular formula is C12H12N4O2S. The van der Waals surface area contributed by atoms with Gasteiger partial charge in [0.15, 0.2) is 0 Å². The Bertz CT molecular complexity index is 716. The summed E-state index contributed by atoms with van der Waals surface area (Å²) in [5.41, 5.74) is 2.80. The van der Waals surface area contributed by atoms with Gasteiger partial charge in [-0.15, -0.1) is 0 Å². The van der Waals surface area contributed by atoms with E-state index >= 15 is 0 Å².